The highest BCUT2D eigenvalue weighted by Gasteiger charge is 2.10. The fourth-order valence-corrected chi connectivity index (χ4v) is 1.83. The molecule has 18 heavy (non-hydrogen) atoms. The number of ether oxygens (including phenoxy) is 1. The first-order valence-electron chi connectivity index (χ1n) is 5.07. The fourth-order valence-electron chi connectivity index (χ4n) is 1.43. The summed E-state index contributed by atoms with van der Waals surface area (Å²) in [4.78, 5) is 0. The summed E-state index contributed by atoms with van der Waals surface area (Å²) in [6.07, 6.45) is 0. The lowest BCUT2D eigenvalue weighted by atomic mass is 10.2. The second-order valence-electron chi connectivity index (χ2n) is 3.56. The summed E-state index contributed by atoms with van der Waals surface area (Å²) >= 11 is 11.5. The Morgan fingerprint density at radius 3 is 2.50 bits per heavy atom. The molecule has 0 fully saturated rings. The molecule has 0 aromatic heterocycles. The van der Waals surface area contributed by atoms with Gasteiger partial charge in [-0.05, 0) is 30.3 Å². The van der Waals surface area contributed by atoms with Crippen LogP contribution in [0.1, 0.15) is 5.56 Å². The minimum Gasteiger partial charge on any atom is -0.454 e. The van der Waals surface area contributed by atoms with Crippen LogP contribution in [-0.2, 0) is 5.88 Å². The lowest BCUT2D eigenvalue weighted by Gasteiger charge is -2.10. The summed E-state index contributed by atoms with van der Waals surface area (Å²) in [6.45, 7) is 0. The van der Waals surface area contributed by atoms with Crippen molar-refractivity contribution in [2.75, 3.05) is 0 Å². The highest BCUT2D eigenvalue weighted by molar-refractivity contribution is 6.30. The van der Waals surface area contributed by atoms with Crippen LogP contribution in [0.2, 0.25) is 5.02 Å². The molecular weight excluding hydrogens is 281 g/mol. The quantitative estimate of drug-likeness (QED) is 0.710. The Morgan fingerprint density at radius 2 is 1.78 bits per heavy atom. The predicted molar refractivity (Wildman–Crippen MR) is 67.4 cm³/mol. The van der Waals surface area contributed by atoms with Gasteiger partial charge in [0.1, 0.15) is 11.6 Å². The third kappa shape index (κ3) is 2.92. The van der Waals surface area contributed by atoms with Crippen molar-refractivity contribution in [1.29, 1.82) is 0 Å². The van der Waals surface area contributed by atoms with Gasteiger partial charge in [-0.2, -0.15) is 0 Å². The zero-order valence-electron chi connectivity index (χ0n) is 9.09. The zero-order chi connectivity index (χ0) is 13.1. The zero-order valence-corrected chi connectivity index (χ0v) is 10.6. The molecule has 2 aromatic carbocycles. The minimum atomic E-state index is -0.646. The molecule has 2 rings (SSSR count). The van der Waals surface area contributed by atoms with E-state index in [0.717, 1.165) is 18.2 Å². The highest BCUT2D eigenvalue weighted by atomic mass is 35.5. The molecule has 0 spiro atoms. The molecule has 0 unspecified atom stereocenters. The Morgan fingerprint density at radius 1 is 1.00 bits per heavy atom. The maximum absolute atomic E-state index is 13.4. The molecule has 0 N–H and O–H groups in total. The van der Waals surface area contributed by atoms with E-state index >= 15 is 0 Å². The summed E-state index contributed by atoms with van der Waals surface area (Å²) in [6, 6.07) is 7.76. The third-order valence-corrected chi connectivity index (χ3v) is 2.80. The van der Waals surface area contributed by atoms with E-state index in [1.165, 1.54) is 0 Å². The van der Waals surface area contributed by atoms with E-state index in [0.29, 0.717) is 16.3 Å². The summed E-state index contributed by atoms with van der Waals surface area (Å²) < 4.78 is 31.7. The summed E-state index contributed by atoms with van der Waals surface area (Å²) in [5.74, 6) is -0.908. The molecule has 0 atom stereocenters. The molecule has 0 saturated heterocycles. The maximum Gasteiger partial charge on any atom is 0.165 e. The Hall–Kier alpha value is -1.32. The molecule has 0 amide bonds. The van der Waals surface area contributed by atoms with Crippen molar-refractivity contribution in [3.8, 4) is 11.5 Å². The number of alkyl halides is 1. The van der Waals surface area contributed by atoms with Gasteiger partial charge >= 0.3 is 0 Å². The first-order valence-corrected chi connectivity index (χ1v) is 5.98. The topological polar surface area (TPSA) is 9.23 Å². The van der Waals surface area contributed by atoms with E-state index in [1.807, 2.05) is 0 Å². The van der Waals surface area contributed by atoms with Crippen molar-refractivity contribution in [1.82, 2.24) is 0 Å². The molecule has 0 saturated carbocycles. The van der Waals surface area contributed by atoms with Gasteiger partial charge < -0.3 is 4.74 Å². The Balaban J connectivity index is 2.36. The van der Waals surface area contributed by atoms with E-state index in [4.69, 9.17) is 27.9 Å². The van der Waals surface area contributed by atoms with Crippen molar-refractivity contribution in [3.05, 3.63) is 58.6 Å². The van der Waals surface area contributed by atoms with Crippen molar-refractivity contribution >= 4 is 23.2 Å². The summed E-state index contributed by atoms with van der Waals surface area (Å²) in [5.41, 5.74) is 0.604. The van der Waals surface area contributed by atoms with Crippen molar-refractivity contribution in [3.63, 3.8) is 0 Å². The molecule has 2 aromatic rings. The van der Waals surface area contributed by atoms with Crippen LogP contribution >= 0.6 is 23.2 Å². The van der Waals surface area contributed by atoms with Crippen LogP contribution in [-0.4, -0.2) is 0 Å². The van der Waals surface area contributed by atoms with Crippen LogP contribution < -0.4 is 4.74 Å². The van der Waals surface area contributed by atoms with Gasteiger partial charge in [0.15, 0.2) is 11.6 Å². The Labute approximate surface area is 113 Å². The first-order chi connectivity index (χ1) is 8.60. The molecule has 0 heterocycles. The number of hydrogen-bond acceptors (Lipinski definition) is 1. The van der Waals surface area contributed by atoms with Crippen LogP contribution in [0.4, 0.5) is 8.78 Å². The van der Waals surface area contributed by atoms with Crippen LogP contribution in [0.15, 0.2) is 36.4 Å². The normalized spacial score (nSPS) is 10.4. The largest absolute Gasteiger partial charge is 0.454 e. The molecule has 5 heteroatoms. The Kier molecular flexibility index (Phi) is 4.04. The number of hydrogen-bond donors (Lipinski definition) is 0. The van der Waals surface area contributed by atoms with Crippen LogP contribution in [0.25, 0.3) is 0 Å². The van der Waals surface area contributed by atoms with Crippen LogP contribution in [0.3, 0.4) is 0 Å². The highest BCUT2D eigenvalue weighted by Crippen LogP contribution is 2.30. The minimum absolute atomic E-state index is 0.160. The molecule has 0 aliphatic rings. The fraction of sp³-hybridized carbons (Fsp3) is 0.0769. The standard InChI is InChI=1S/C13H8Cl2F2O/c14-7-8-5-9(15)1-4-12(8)18-13-6-10(16)2-3-11(13)17/h1-6H,7H2. The van der Waals surface area contributed by atoms with E-state index in [9.17, 15) is 8.78 Å². The van der Waals surface area contributed by atoms with Gasteiger partial charge in [-0.25, -0.2) is 8.78 Å². The summed E-state index contributed by atoms with van der Waals surface area (Å²) in [5, 5.41) is 0.498. The number of benzene rings is 2. The number of halogens is 4. The van der Waals surface area contributed by atoms with Crippen molar-refractivity contribution < 1.29 is 13.5 Å². The van der Waals surface area contributed by atoms with Gasteiger partial charge in [0, 0.05) is 16.7 Å². The second-order valence-corrected chi connectivity index (χ2v) is 4.27. The molecule has 0 radical (unpaired) electrons. The third-order valence-electron chi connectivity index (χ3n) is 2.28. The lowest BCUT2D eigenvalue weighted by molar-refractivity contribution is 0.433. The molecule has 94 valence electrons. The van der Waals surface area contributed by atoms with E-state index in [-0.39, 0.29) is 11.6 Å². The smallest absolute Gasteiger partial charge is 0.165 e. The number of rotatable bonds is 3. The van der Waals surface area contributed by atoms with Crippen LogP contribution in [0, 0.1) is 11.6 Å². The average molecular weight is 289 g/mol. The maximum atomic E-state index is 13.4. The molecule has 0 aliphatic heterocycles. The van der Waals surface area contributed by atoms with E-state index < -0.39 is 11.6 Å². The summed E-state index contributed by atoms with van der Waals surface area (Å²) in [7, 11) is 0. The van der Waals surface area contributed by atoms with Gasteiger partial charge in [0.05, 0.1) is 5.88 Å². The molecule has 0 bridgehead atoms. The first kappa shape index (κ1) is 13.1. The van der Waals surface area contributed by atoms with Gasteiger partial charge in [-0.15, -0.1) is 11.6 Å². The van der Waals surface area contributed by atoms with Gasteiger partial charge in [0.2, 0.25) is 0 Å². The van der Waals surface area contributed by atoms with Crippen molar-refractivity contribution in [2.45, 2.75) is 5.88 Å². The molecular formula is C13H8Cl2F2O. The van der Waals surface area contributed by atoms with E-state index in [2.05, 4.69) is 0 Å². The molecule has 0 aliphatic carbocycles. The predicted octanol–water partition coefficient (Wildman–Crippen LogP) is 5.15. The van der Waals surface area contributed by atoms with Gasteiger partial charge in [-0.3, -0.25) is 0 Å². The molecule has 1 nitrogen and oxygen atoms in total. The van der Waals surface area contributed by atoms with Crippen LogP contribution in [0.5, 0.6) is 11.5 Å². The SMILES string of the molecule is Fc1ccc(F)c(Oc2ccc(Cl)cc2CCl)c1. The van der Waals surface area contributed by atoms with Gasteiger partial charge in [0.25, 0.3) is 0 Å². The van der Waals surface area contributed by atoms with Gasteiger partial charge in [-0.1, -0.05) is 11.6 Å². The average Bonchev–Trinajstić information content (AvgIpc) is 2.36. The van der Waals surface area contributed by atoms with Crippen molar-refractivity contribution in [2.24, 2.45) is 0 Å². The lowest BCUT2D eigenvalue weighted by Crippen LogP contribution is -1.93. The second kappa shape index (κ2) is 5.55. The van der Waals surface area contributed by atoms with E-state index in [1.54, 1.807) is 18.2 Å². The monoisotopic (exact) mass is 288 g/mol. The Bertz CT molecular complexity index is 573.